The Bertz CT molecular complexity index is 1190. The number of benzene rings is 1. The van der Waals surface area contributed by atoms with Crippen LogP contribution in [0.3, 0.4) is 0 Å². The zero-order valence-electron chi connectivity index (χ0n) is 15.0. The van der Waals surface area contributed by atoms with Crippen molar-refractivity contribution in [2.75, 3.05) is 11.1 Å². The second-order valence-electron chi connectivity index (χ2n) is 6.25. The molecule has 7 nitrogen and oxygen atoms in total. The van der Waals surface area contributed by atoms with E-state index >= 15 is 0 Å². The van der Waals surface area contributed by atoms with Crippen LogP contribution < -0.4 is 11.1 Å². The van der Waals surface area contributed by atoms with Gasteiger partial charge in [0, 0.05) is 11.8 Å². The van der Waals surface area contributed by atoms with Gasteiger partial charge in [-0.05, 0) is 19.1 Å². The van der Waals surface area contributed by atoms with Gasteiger partial charge in [-0.25, -0.2) is 19.3 Å². The molecule has 28 heavy (non-hydrogen) atoms. The highest BCUT2D eigenvalue weighted by Gasteiger charge is 2.21. The van der Waals surface area contributed by atoms with Crippen LogP contribution >= 0.6 is 0 Å². The minimum atomic E-state index is -0.357. The highest BCUT2D eigenvalue weighted by molar-refractivity contribution is 5.69. The van der Waals surface area contributed by atoms with Crippen molar-refractivity contribution in [2.45, 2.75) is 13.0 Å². The molecule has 3 aromatic heterocycles. The Balaban J connectivity index is 1.85. The first-order chi connectivity index (χ1) is 13.6. The van der Waals surface area contributed by atoms with E-state index in [-0.39, 0.29) is 23.2 Å². The van der Waals surface area contributed by atoms with Crippen LogP contribution in [0, 0.1) is 17.1 Å². The molecule has 0 bridgehead atoms. The van der Waals surface area contributed by atoms with Crippen molar-refractivity contribution >= 4 is 17.3 Å². The Morgan fingerprint density at radius 3 is 2.71 bits per heavy atom. The molecule has 1 atom stereocenters. The first-order valence-electron chi connectivity index (χ1n) is 8.58. The van der Waals surface area contributed by atoms with Crippen molar-refractivity contribution in [3.8, 4) is 17.3 Å². The first kappa shape index (κ1) is 17.4. The third kappa shape index (κ3) is 2.99. The molecule has 4 rings (SSSR count). The number of imidazole rings is 1. The van der Waals surface area contributed by atoms with Crippen LogP contribution in [0.25, 0.3) is 16.9 Å². The topological polar surface area (TPSA) is 105 Å². The molecule has 0 amide bonds. The smallest absolute Gasteiger partial charge is 0.150 e. The van der Waals surface area contributed by atoms with E-state index in [0.29, 0.717) is 17.2 Å². The zero-order chi connectivity index (χ0) is 19.7. The van der Waals surface area contributed by atoms with Crippen LogP contribution in [-0.4, -0.2) is 19.4 Å². The number of anilines is 2. The molecule has 0 unspecified atom stereocenters. The molecule has 138 valence electrons. The number of nitrogens with two attached hydrogens (primary N) is 1. The number of hydrogen-bond acceptors (Lipinski definition) is 6. The average molecular weight is 373 g/mol. The van der Waals surface area contributed by atoms with Crippen molar-refractivity contribution in [3.05, 3.63) is 72.1 Å². The fourth-order valence-electron chi connectivity index (χ4n) is 3.11. The largest absolute Gasteiger partial charge is 0.382 e. The highest BCUT2D eigenvalue weighted by Crippen LogP contribution is 2.31. The van der Waals surface area contributed by atoms with Gasteiger partial charge in [0.1, 0.15) is 41.1 Å². The minimum absolute atomic E-state index is 0.104. The van der Waals surface area contributed by atoms with Crippen molar-refractivity contribution in [3.63, 3.8) is 0 Å². The molecular weight excluding hydrogens is 357 g/mol. The summed E-state index contributed by atoms with van der Waals surface area (Å²) < 4.78 is 15.6. The zero-order valence-corrected chi connectivity index (χ0v) is 15.0. The number of aromatic nitrogens is 4. The lowest BCUT2D eigenvalue weighted by molar-refractivity contribution is 0.619. The number of halogens is 1. The van der Waals surface area contributed by atoms with Crippen molar-refractivity contribution in [1.29, 1.82) is 5.26 Å². The fraction of sp³-hybridized carbons (Fsp3) is 0.100. The summed E-state index contributed by atoms with van der Waals surface area (Å²) >= 11 is 0. The van der Waals surface area contributed by atoms with Gasteiger partial charge in [0.05, 0.1) is 17.4 Å². The van der Waals surface area contributed by atoms with Crippen LogP contribution in [-0.2, 0) is 0 Å². The van der Waals surface area contributed by atoms with E-state index in [9.17, 15) is 9.65 Å². The van der Waals surface area contributed by atoms with Crippen LogP contribution in [0.1, 0.15) is 24.2 Å². The SMILES string of the molecule is C[C@H](Nc1ncnc(N)c1C#N)c1nc2ccc(F)cn2c1-c1ccccc1. The summed E-state index contributed by atoms with van der Waals surface area (Å²) in [5.74, 6) is 0.0712. The molecule has 1 aromatic carbocycles. The monoisotopic (exact) mass is 373 g/mol. The van der Waals surface area contributed by atoms with E-state index in [2.05, 4.69) is 20.3 Å². The summed E-state index contributed by atoms with van der Waals surface area (Å²) in [5.41, 5.74) is 8.91. The molecule has 0 spiro atoms. The fourth-order valence-corrected chi connectivity index (χ4v) is 3.11. The van der Waals surface area contributed by atoms with E-state index in [1.165, 1.54) is 18.6 Å². The van der Waals surface area contributed by atoms with E-state index in [1.807, 2.05) is 43.3 Å². The summed E-state index contributed by atoms with van der Waals surface area (Å²) in [6.45, 7) is 1.89. The summed E-state index contributed by atoms with van der Waals surface area (Å²) in [6.07, 6.45) is 2.70. The first-order valence-corrected chi connectivity index (χ1v) is 8.58. The predicted octanol–water partition coefficient (Wildman–Crippen LogP) is 3.56. The Kier molecular flexibility index (Phi) is 4.33. The Labute approximate surface area is 160 Å². The van der Waals surface area contributed by atoms with E-state index in [4.69, 9.17) is 5.73 Å². The second-order valence-corrected chi connectivity index (χ2v) is 6.25. The van der Waals surface area contributed by atoms with Gasteiger partial charge in [-0.3, -0.25) is 4.40 Å². The van der Waals surface area contributed by atoms with Crippen molar-refractivity contribution < 1.29 is 4.39 Å². The summed E-state index contributed by atoms with van der Waals surface area (Å²) in [7, 11) is 0. The van der Waals surface area contributed by atoms with Gasteiger partial charge in [0.15, 0.2) is 0 Å². The van der Waals surface area contributed by atoms with Crippen molar-refractivity contribution in [1.82, 2.24) is 19.4 Å². The highest BCUT2D eigenvalue weighted by atomic mass is 19.1. The number of fused-ring (bicyclic) bond motifs is 1. The Hall–Kier alpha value is -3.99. The molecule has 8 heteroatoms. The number of hydrogen-bond donors (Lipinski definition) is 2. The van der Waals surface area contributed by atoms with Gasteiger partial charge < -0.3 is 11.1 Å². The minimum Gasteiger partial charge on any atom is -0.382 e. The number of nitriles is 1. The number of nitrogen functional groups attached to an aromatic ring is 1. The van der Waals surface area contributed by atoms with Crippen molar-refractivity contribution in [2.24, 2.45) is 0 Å². The molecular formula is C20H16FN7. The molecule has 0 aliphatic heterocycles. The van der Waals surface area contributed by atoms with Crippen LogP contribution in [0.2, 0.25) is 0 Å². The van der Waals surface area contributed by atoms with Gasteiger partial charge in [-0.15, -0.1) is 0 Å². The van der Waals surface area contributed by atoms with Gasteiger partial charge in [0.2, 0.25) is 0 Å². The summed E-state index contributed by atoms with van der Waals surface area (Å²) in [4.78, 5) is 12.7. The molecule has 0 saturated heterocycles. The number of nitrogens with zero attached hydrogens (tertiary/aromatic N) is 5. The molecule has 0 fully saturated rings. The maximum Gasteiger partial charge on any atom is 0.150 e. The van der Waals surface area contributed by atoms with Gasteiger partial charge >= 0.3 is 0 Å². The molecule has 3 N–H and O–H groups in total. The molecule has 0 aliphatic carbocycles. The summed E-state index contributed by atoms with van der Waals surface area (Å²) in [6, 6.07) is 14.3. The third-order valence-electron chi connectivity index (χ3n) is 4.41. The lowest BCUT2D eigenvalue weighted by Gasteiger charge is -2.16. The quantitative estimate of drug-likeness (QED) is 0.567. The molecule has 0 aliphatic rings. The lowest BCUT2D eigenvalue weighted by Crippen LogP contribution is -2.12. The van der Waals surface area contributed by atoms with E-state index in [0.717, 1.165) is 11.3 Å². The molecule has 0 saturated carbocycles. The van der Waals surface area contributed by atoms with Gasteiger partial charge in [-0.1, -0.05) is 30.3 Å². The lowest BCUT2D eigenvalue weighted by atomic mass is 10.1. The standard InChI is InChI=1S/C20H16FN7/c1-12(26-20-15(9-22)19(23)24-11-25-20)17-18(13-5-3-2-4-6-13)28-10-14(21)7-8-16(28)27-17/h2-8,10-12H,1H3,(H3,23,24,25,26)/t12-/m0/s1. The summed E-state index contributed by atoms with van der Waals surface area (Å²) in [5, 5.41) is 12.5. The Morgan fingerprint density at radius 1 is 1.18 bits per heavy atom. The normalized spacial score (nSPS) is 11.9. The van der Waals surface area contributed by atoms with Gasteiger partial charge in [0.25, 0.3) is 0 Å². The third-order valence-corrected chi connectivity index (χ3v) is 4.41. The predicted molar refractivity (Wildman–Crippen MR) is 104 cm³/mol. The van der Waals surface area contributed by atoms with Crippen LogP contribution in [0.4, 0.5) is 16.0 Å². The molecule has 0 radical (unpaired) electrons. The van der Waals surface area contributed by atoms with E-state index < -0.39 is 0 Å². The Morgan fingerprint density at radius 2 is 1.96 bits per heavy atom. The second kappa shape index (κ2) is 6.96. The van der Waals surface area contributed by atoms with Gasteiger partial charge in [-0.2, -0.15) is 5.26 Å². The maximum atomic E-state index is 13.9. The number of rotatable bonds is 4. The molecule has 4 aromatic rings. The van der Waals surface area contributed by atoms with Crippen LogP contribution in [0.5, 0.6) is 0 Å². The average Bonchev–Trinajstić information content (AvgIpc) is 3.07. The van der Waals surface area contributed by atoms with Crippen LogP contribution in [0.15, 0.2) is 55.0 Å². The molecule has 3 heterocycles. The van der Waals surface area contributed by atoms with E-state index in [1.54, 1.807) is 10.5 Å². The number of pyridine rings is 1. The number of nitrogens with one attached hydrogen (secondary N) is 1. The maximum absolute atomic E-state index is 13.9.